The molecule has 17 heavy (non-hydrogen) atoms. The number of rotatable bonds is 4. The third kappa shape index (κ3) is 2.72. The summed E-state index contributed by atoms with van der Waals surface area (Å²) in [5.74, 6) is 0.938. The standard InChI is InChI=1S/C12H17N3OS/c1-4-9-6-11(16)15(7-9)12-14-13-10(17-12)5-8(2)3/h4,8-9H,1,5-7H2,2-3H3. The molecule has 1 saturated heterocycles. The Morgan fingerprint density at radius 2 is 2.35 bits per heavy atom. The molecule has 0 N–H and O–H groups in total. The van der Waals surface area contributed by atoms with Crippen molar-refractivity contribution in [2.75, 3.05) is 11.4 Å². The molecular weight excluding hydrogens is 234 g/mol. The third-order valence-electron chi connectivity index (χ3n) is 2.76. The molecule has 92 valence electrons. The maximum Gasteiger partial charge on any atom is 0.229 e. The van der Waals surface area contributed by atoms with Gasteiger partial charge in [-0.25, -0.2) is 0 Å². The number of hydrogen-bond acceptors (Lipinski definition) is 4. The quantitative estimate of drug-likeness (QED) is 0.771. The molecule has 1 unspecified atom stereocenters. The lowest BCUT2D eigenvalue weighted by Crippen LogP contribution is -2.24. The highest BCUT2D eigenvalue weighted by molar-refractivity contribution is 7.15. The van der Waals surface area contributed by atoms with E-state index in [9.17, 15) is 4.79 Å². The van der Waals surface area contributed by atoms with Gasteiger partial charge >= 0.3 is 0 Å². The van der Waals surface area contributed by atoms with Gasteiger partial charge in [-0.05, 0) is 5.92 Å². The summed E-state index contributed by atoms with van der Waals surface area (Å²) in [6, 6.07) is 0. The van der Waals surface area contributed by atoms with Crippen LogP contribution in [0.25, 0.3) is 0 Å². The molecule has 2 heterocycles. The first-order chi connectivity index (χ1) is 8.10. The van der Waals surface area contributed by atoms with E-state index in [-0.39, 0.29) is 11.8 Å². The first-order valence-electron chi connectivity index (χ1n) is 5.85. The molecule has 1 aromatic rings. The Bertz CT molecular complexity index is 427. The number of amides is 1. The van der Waals surface area contributed by atoms with E-state index in [0.717, 1.165) is 16.6 Å². The molecule has 0 aliphatic carbocycles. The highest BCUT2D eigenvalue weighted by Crippen LogP contribution is 2.28. The zero-order valence-corrected chi connectivity index (χ0v) is 11.0. The Balaban J connectivity index is 2.10. The lowest BCUT2D eigenvalue weighted by molar-refractivity contribution is -0.117. The van der Waals surface area contributed by atoms with E-state index in [0.29, 0.717) is 18.9 Å². The lowest BCUT2D eigenvalue weighted by atomic mass is 10.1. The lowest BCUT2D eigenvalue weighted by Gasteiger charge is -2.10. The van der Waals surface area contributed by atoms with Crippen LogP contribution in [-0.2, 0) is 11.2 Å². The van der Waals surface area contributed by atoms with Gasteiger partial charge < -0.3 is 0 Å². The van der Waals surface area contributed by atoms with Gasteiger partial charge in [0.15, 0.2) is 0 Å². The van der Waals surface area contributed by atoms with E-state index in [4.69, 9.17) is 0 Å². The maximum atomic E-state index is 11.8. The van der Waals surface area contributed by atoms with E-state index in [1.807, 2.05) is 6.08 Å². The average Bonchev–Trinajstić information content (AvgIpc) is 2.83. The fraction of sp³-hybridized carbons (Fsp3) is 0.583. The third-order valence-corrected chi connectivity index (χ3v) is 3.73. The van der Waals surface area contributed by atoms with Crippen LogP contribution < -0.4 is 4.90 Å². The summed E-state index contributed by atoms with van der Waals surface area (Å²) in [6.07, 6.45) is 3.31. The van der Waals surface area contributed by atoms with E-state index >= 15 is 0 Å². The number of carbonyl (C=O) groups is 1. The van der Waals surface area contributed by atoms with Crippen molar-refractivity contribution in [1.29, 1.82) is 0 Å². The van der Waals surface area contributed by atoms with Gasteiger partial charge in [-0.3, -0.25) is 9.69 Å². The van der Waals surface area contributed by atoms with Crippen molar-refractivity contribution in [3.8, 4) is 0 Å². The van der Waals surface area contributed by atoms with Gasteiger partial charge in [0.25, 0.3) is 0 Å². The molecule has 0 aromatic carbocycles. The molecule has 0 radical (unpaired) electrons. The van der Waals surface area contributed by atoms with Crippen LogP contribution in [0, 0.1) is 11.8 Å². The number of aromatic nitrogens is 2. The van der Waals surface area contributed by atoms with Gasteiger partial charge in [0.05, 0.1) is 0 Å². The molecule has 5 heteroatoms. The molecule has 1 aliphatic heterocycles. The van der Waals surface area contributed by atoms with Crippen LogP contribution in [-0.4, -0.2) is 22.6 Å². The average molecular weight is 251 g/mol. The molecule has 4 nitrogen and oxygen atoms in total. The second-order valence-electron chi connectivity index (χ2n) is 4.78. The number of anilines is 1. The molecule has 1 aromatic heterocycles. The molecule has 0 bridgehead atoms. The Morgan fingerprint density at radius 1 is 1.59 bits per heavy atom. The Kier molecular flexibility index (Phi) is 3.57. The Labute approximate surface area is 105 Å². The second kappa shape index (κ2) is 4.96. The highest BCUT2D eigenvalue weighted by atomic mass is 32.1. The SMILES string of the molecule is C=CC1CC(=O)N(c2nnc(CC(C)C)s2)C1. The summed E-state index contributed by atoms with van der Waals surface area (Å²) in [5.41, 5.74) is 0. The first-order valence-corrected chi connectivity index (χ1v) is 6.67. The molecule has 1 aliphatic rings. The molecule has 1 amide bonds. The molecule has 0 saturated carbocycles. The van der Waals surface area contributed by atoms with Crippen LogP contribution >= 0.6 is 11.3 Å². The van der Waals surface area contributed by atoms with Crippen LogP contribution in [0.15, 0.2) is 12.7 Å². The van der Waals surface area contributed by atoms with E-state index in [1.165, 1.54) is 11.3 Å². The number of hydrogen-bond donors (Lipinski definition) is 0. The fourth-order valence-electron chi connectivity index (χ4n) is 1.86. The summed E-state index contributed by atoms with van der Waals surface area (Å²) >= 11 is 1.52. The van der Waals surface area contributed by atoms with Gasteiger partial charge in [0.2, 0.25) is 11.0 Å². The highest BCUT2D eigenvalue weighted by Gasteiger charge is 2.30. The van der Waals surface area contributed by atoms with Crippen molar-refractivity contribution >= 4 is 22.4 Å². The van der Waals surface area contributed by atoms with E-state index in [1.54, 1.807) is 4.90 Å². The Morgan fingerprint density at radius 3 is 2.94 bits per heavy atom. The fourth-order valence-corrected chi connectivity index (χ4v) is 2.94. The van der Waals surface area contributed by atoms with Crippen molar-refractivity contribution in [3.05, 3.63) is 17.7 Å². The minimum atomic E-state index is 0.127. The van der Waals surface area contributed by atoms with Gasteiger partial charge in [-0.15, -0.1) is 16.8 Å². The summed E-state index contributed by atoms with van der Waals surface area (Å²) < 4.78 is 0. The van der Waals surface area contributed by atoms with Crippen molar-refractivity contribution in [3.63, 3.8) is 0 Å². The largest absolute Gasteiger partial charge is 0.286 e. The molecule has 2 rings (SSSR count). The maximum absolute atomic E-state index is 11.8. The van der Waals surface area contributed by atoms with Crippen LogP contribution in [0.3, 0.4) is 0 Å². The first kappa shape index (κ1) is 12.2. The normalized spacial score (nSPS) is 20.3. The topological polar surface area (TPSA) is 46.1 Å². The van der Waals surface area contributed by atoms with Crippen molar-refractivity contribution < 1.29 is 4.79 Å². The summed E-state index contributed by atoms with van der Waals surface area (Å²) in [6.45, 7) is 8.73. The van der Waals surface area contributed by atoms with E-state index in [2.05, 4.69) is 30.6 Å². The summed E-state index contributed by atoms with van der Waals surface area (Å²) in [7, 11) is 0. The molecular formula is C12H17N3OS. The number of carbonyl (C=O) groups excluding carboxylic acids is 1. The predicted octanol–water partition coefficient (Wildman–Crippen LogP) is 2.28. The van der Waals surface area contributed by atoms with Gasteiger partial charge in [0, 0.05) is 25.3 Å². The van der Waals surface area contributed by atoms with Crippen LogP contribution in [0.1, 0.15) is 25.3 Å². The molecule has 1 atom stereocenters. The molecule has 1 fully saturated rings. The van der Waals surface area contributed by atoms with Crippen molar-refractivity contribution in [1.82, 2.24) is 10.2 Å². The Hall–Kier alpha value is -1.23. The van der Waals surface area contributed by atoms with Crippen molar-refractivity contribution in [2.45, 2.75) is 26.7 Å². The van der Waals surface area contributed by atoms with E-state index < -0.39 is 0 Å². The van der Waals surface area contributed by atoms with Gasteiger partial charge in [-0.2, -0.15) is 0 Å². The van der Waals surface area contributed by atoms with Crippen LogP contribution in [0.4, 0.5) is 5.13 Å². The van der Waals surface area contributed by atoms with Crippen LogP contribution in [0.5, 0.6) is 0 Å². The second-order valence-corrected chi connectivity index (χ2v) is 5.82. The summed E-state index contributed by atoms with van der Waals surface area (Å²) in [5, 5.41) is 9.98. The van der Waals surface area contributed by atoms with Gasteiger partial charge in [-0.1, -0.05) is 31.3 Å². The monoisotopic (exact) mass is 251 g/mol. The zero-order chi connectivity index (χ0) is 12.4. The van der Waals surface area contributed by atoms with Gasteiger partial charge in [0.1, 0.15) is 5.01 Å². The predicted molar refractivity (Wildman–Crippen MR) is 69.1 cm³/mol. The van der Waals surface area contributed by atoms with Crippen molar-refractivity contribution in [2.24, 2.45) is 11.8 Å². The smallest absolute Gasteiger partial charge is 0.229 e. The van der Waals surface area contributed by atoms with Crippen LogP contribution in [0.2, 0.25) is 0 Å². The summed E-state index contributed by atoms with van der Waals surface area (Å²) in [4.78, 5) is 13.5. The molecule has 0 spiro atoms. The minimum Gasteiger partial charge on any atom is -0.286 e. The zero-order valence-electron chi connectivity index (χ0n) is 10.2. The minimum absolute atomic E-state index is 0.127. The number of nitrogens with zero attached hydrogens (tertiary/aromatic N) is 3.